The van der Waals surface area contributed by atoms with Crippen molar-refractivity contribution in [2.45, 2.75) is 26.3 Å². The van der Waals surface area contributed by atoms with Crippen molar-refractivity contribution in [1.29, 1.82) is 0 Å². The largest absolute Gasteiger partial charge is 0.398 e. The second-order valence-corrected chi connectivity index (χ2v) is 3.99. The average Bonchev–Trinajstić information content (AvgIpc) is 2.70. The number of nitrogens with two attached hydrogens (primary N) is 1. The fraction of sp³-hybridized carbons (Fsp3) is 0.308. The van der Waals surface area contributed by atoms with E-state index in [1.54, 1.807) is 0 Å². The Kier molecular flexibility index (Phi) is 3.25. The van der Waals surface area contributed by atoms with Gasteiger partial charge in [0.25, 0.3) is 0 Å². The fourth-order valence-corrected chi connectivity index (χ4v) is 1.76. The maximum absolute atomic E-state index is 5.89. The van der Waals surface area contributed by atoms with Crippen molar-refractivity contribution in [3.63, 3.8) is 0 Å². The van der Waals surface area contributed by atoms with Crippen molar-refractivity contribution >= 4 is 5.69 Å². The minimum absolute atomic E-state index is 0.746. The second-order valence-electron chi connectivity index (χ2n) is 3.99. The molecule has 0 radical (unpaired) electrons. The molecular weight excluding hydrogens is 198 g/mol. The predicted molar refractivity (Wildman–Crippen MR) is 66.2 cm³/mol. The lowest BCUT2D eigenvalue weighted by Gasteiger charge is -2.04. The Morgan fingerprint density at radius 2 is 2.12 bits per heavy atom. The van der Waals surface area contributed by atoms with Gasteiger partial charge in [0.15, 0.2) is 0 Å². The summed E-state index contributed by atoms with van der Waals surface area (Å²) in [6, 6.07) is 7.91. The van der Waals surface area contributed by atoms with Gasteiger partial charge in [0.1, 0.15) is 0 Å². The van der Waals surface area contributed by atoms with Gasteiger partial charge in [-0.05, 0) is 23.6 Å². The standard InChI is InChI=1S/C13H17N3/c1-2-5-11-8-15-16(9-11)10-12-6-3-4-7-13(12)14/h3-4,6-9H,2,5,10,14H2,1H3. The number of nitrogens with zero attached hydrogens (tertiary/aromatic N) is 2. The van der Waals surface area contributed by atoms with Crippen molar-refractivity contribution in [3.05, 3.63) is 47.8 Å². The lowest BCUT2D eigenvalue weighted by molar-refractivity contribution is 0.687. The molecule has 0 aliphatic carbocycles. The molecule has 1 heterocycles. The molecule has 0 saturated carbocycles. The van der Waals surface area contributed by atoms with Crippen LogP contribution in [0.4, 0.5) is 5.69 Å². The first-order chi connectivity index (χ1) is 7.79. The molecule has 3 heteroatoms. The zero-order chi connectivity index (χ0) is 11.4. The zero-order valence-corrected chi connectivity index (χ0v) is 9.56. The van der Waals surface area contributed by atoms with Gasteiger partial charge in [0.05, 0.1) is 12.7 Å². The predicted octanol–water partition coefficient (Wildman–Crippen LogP) is 2.47. The summed E-state index contributed by atoms with van der Waals surface area (Å²) in [5.74, 6) is 0. The summed E-state index contributed by atoms with van der Waals surface area (Å²) in [5.41, 5.74) is 9.13. The first kappa shape index (κ1) is 10.7. The summed E-state index contributed by atoms with van der Waals surface area (Å²) in [7, 11) is 0. The topological polar surface area (TPSA) is 43.8 Å². The van der Waals surface area contributed by atoms with Gasteiger partial charge in [-0.2, -0.15) is 5.10 Å². The Labute approximate surface area is 95.9 Å². The van der Waals surface area contributed by atoms with Gasteiger partial charge in [0, 0.05) is 11.9 Å². The van der Waals surface area contributed by atoms with Gasteiger partial charge in [-0.25, -0.2) is 0 Å². The highest BCUT2D eigenvalue weighted by Gasteiger charge is 2.01. The van der Waals surface area contributed by atoms with E-state index in [2.05, 4.69) is 18.2 Å². The monoisotopic (exact) mass is 215 g/mol. The molecule has 1 aromatic carbocycles. The van der Waals surface area contributed by atoms with Crippen LogP contribution in [0.1, 0.15) is 24.5 Å². The summed E-state index contributed by atoms with van der Waals surface area (Å²) in [4.78, 5) is 0. The molecule has 84 valence electrons. The maximum atomic E-state index is 5.89. The Hall–Kier alpha value is -1.77. The smallest absolute Gasteiger partial charge is 0.0679 e. The molecule has 0 aliphatic heterocycles. The maximum Gasteiger partial charge on any atom is 0.0679 e. The SMILES string of the molecule is CCCc1cnn(Cc2ccccc2N)c1. The van der Waals surface area contributed by atoms with Crippen molar-refractivity contribution in [1.82, 2.24) is 9.78 Å². The summed E-state index contributed by atoms with van der Waals surface area (Å²) >= 11 is 0. The summed E-state index contributed by atoms with van der Waals surface area (Å²) < 4.78 is 1.94. The van der Waals surface area contributed by atoms with E-state index in [4.69, 9.17) is 5.73 Å². The third-order valence-corrected chi connectivity index (χ3v) is 2.61. The first-order valence-corrected chi connectivity index (χ1v) is 5.64. The molecule has 0 bridgehead atoms. The van der Waals surface area contributed by atoms with Gasteiger partial charge in [-0.3, -0.25) is 4.68 Å². The Bertz CT molecular complexity index is 460. The van der Waals surface area contributed by atoms with E-state index < -0.39 is 0 Å². The van der Waals surface area contributed by atoms with E-state index in [0.717, 1.165) is 30.6 Å². The molecule has 2 aromatic rings. The molecule has 16 heavy (non-hydrogen) atoms. The highest BCUT2D eigenvalue weighted by atomic mass is 15.3. The lowest BCUT2D eigenvalue weighted by Crippen LogP contribution is -2.02. The first-order valence-electron chi connectivity index (χ1n) is 5.64. The van der Waals surface area contributed by atoms with Crippen LogP contribution in [-0.2, 0) is 13.0 Å². The van der Waals surface area contributed by atoms with Gasteiger partial charge in [-0.15, -0.1) is 0 Å². The van der Waals surface area contributed by atoms with Crippen molar-refractivity contribution in [3.8, 4) is 0 Å². The van der Waals surface area contributed by atoms with Crippen molar-refractivity contribution in [2.75, 3.05) is 5.73 Å². The van der Waals surface area contributed by atoms with Gasteiger partial charge >= 0.3 is 0 Å². The number of aryl methyl sites for hydroxylation is 1. The van der Waals surface area contributed by atoms with E-state index >= 15 is 0 Å². The normalized spacial score (nSPS) is 10.6. The van der Waals surface area contributed by atoms with E-state index in [0.29, 0.717) is 0 Å². The third kappa shape index (κ3) is 2.42. The van der Waals surface area contributed by atoms with E-state index in [-0.39, 0.29) is 0 Å². The van der Waals surface area contributed by atoms with Crippen LogP contribution in [-0.4, -0.2) is 9.78 Å². The van der Waals surface area contributed by atoms with E-state index in [9.17, 15) is 0 Å². The molecule has 2 N–H and O–H groups in total. The number of para-hydroxylation sites is 1. The molecular formula is C13H17N3. The van der Waals surface area contributed by atoms with Gasteiger partial charge in [0.2, 0.25) is 0 Å². The number of hydrogen-bond donors (Lipinski definition) is 1. The number of nitrogen functional groups attached to an aromatic ring is 1. The van der Waals surface area contributed by atoms with Crippen LogP contribution < -0.4 is 5.73 Å². The molecule has 0 fully saturated rings. The van der Waals surface area contributed by atoms with Crippen LogP contribution in [0, 0.1) is 0 Å². The zero-order valence-electron chi connectivity index (χ0n) is 9.56. The number of hydrogen-bond acceptors (Lipinski definition) is 2. The molecule has 3 nitrogen and oxygen atoms in total. The number of benzene rings is 1. The molecule has 1 aromatic heterocycles. The van der Waals surface area contributed by atoms with Gasteiger partial charge < -0.3 is 5.73 Å². The van der Waals surface area contributed by atoms with Crippen molar-refractivity contribution < 1.29 is 0 Å². The lowest BCUT2D eigenvalue weighted by atomic mass is 10.2. The van der Waals surface area contributed by atoms with Crippen LogP contribution in [0.15, 0.2) is 36.7 Å². The fourth-order valence-electron chi connectivity index (χ4n) is 1.76. The molecule has 0 aliphatic rings. The second kappa shape index (κ2) is 4.84. The summed E-state index contributed by atoms with van der Waals surface area (Å²) in [5, 5.41) is 4.33. The summed E-state index contributed by atoms with van der Waals surface area (Å²) in [6.07, 6.45) is 6.27. The quantitative estimate of drug-likeness (QED) is 0.796. The van der Waals surface area contributed by atoms with Crippen LogP contribution >= 0.6 is 0 Å². The summed E-state index contributed by atoms with van der Waals surface area (Å²) in [6.45, 7) is 2.92. The van der Waals surface area contributed by atoms with Crippen molar-refractivity contribution in [2.24, 2.45) is 0 Å². The highest BCUT2D eigenvalue weighted by Crippen LogP contribution is 2.12. The van der Waals surface area contributed by atoms with Crippen LogP contribution in [0.3, 0.4) is 0 Å². The molecule has 0 unspecified atom stereocenters. The molecule has 0 saturated heterocycles. The average molecular weight is 215 g/mol. The Morgan fingerprint density at radius 1 is 1.31 bits per heavy atom. The van der Waals surface area contributed by atoms with E-state index in [1.807, 2.05) is 35.1 Å². The van der Waals surface area contributed by atoms with Gasteiger partial charge in [-0.1, -0.05) is 31.5 Å². The molecule has 0 spiro atoms. The number of rotatable bonds is 4. The Balaban J connectivity index is 2.11. The third-order valence-electron chi connectivity index (χ3n) is 2.61. The molecule has 2 rings (SSSR count). The minimum Gasteiger partial charge on any atom is -0.398 e. The highest BCUT2D eigenvalue weighted by molar-refractivity contribution is 5.46. The van der Waals surface area contributed by atoms with Crippen LogP contribution in [0.25, 0.3) is 0 Å². The molecule has 0 atom stereocenters. The molecule has 0 amide bonds. The number of anilines is 1. The minimum atomic E-state index is 0.746. The van der Waals surface area contributed by atoms with Crippen LogP contribution in [0.2, 0.25) is 0 Å². The van der Waals surface area contributed by atoms with Crippen LogP contribution in [0.5, 0.6) is 0 Å². The van der Waals surface area contributed by atoms with E-state index in [1.165, 1.54) is 5.56 Å². The Morgan fingerprint density at radius 3 is 2.88 bits per heavy atom. The number of aromatic nitrogens is 2.